The molecular formula is C17H31BFNO2. The Morgan fingerprint density at radius 3 is 2.45 bits per heavy atom. The minimum absolute atomic E-state index is 0.0460. The van der Waals surface area contributed by atoms with Crippen LogP contribution in [0.2, 0.25) is 6.32 Å². The normalized spacial score (nSPS) is 36.4. The first-order valence-electron chi connectivity index (χ1n) is 8.98. The average Bonchev–Trinajstić information content (AvgIpc) is 3.08. The van der Waals surface area contributed by atoms with Crippen molar-refractivity contribution in [3.63, 3.8) is 0 Å². The van der Waals surface area contributed by atoms with Crippen LogP contribution in [0.3, 0.4) is 0 Å². The van der Waals surface area contributed by atoms with Gasteiger partial charge in [0, 0.05) is 13.1 Å². The van der Waals surface area contributed by atoms with Gasteiger partial charge in [-0.05, 0) is 71.2 Å². The fraction of sp³-hybridized carbons (Fsp3) is 1.00. The Bertz CT molecular complexity index is 388. The Balaban J connectivity index is 1.42. The van der Waals surface area contributed by atoms with Crippen molar-refractivity contribution < 1.29 is 13.7 Å². The van der Waals surface area contributed by atoms with Gasteiger partial charge in [-0.25, -0.2) is 0 Å². The second-order valence-corrected chi connectivity index (χ2v) is 8.39. The van der Waals surface area contributed by atoms with Crippen LogP contribution in [0.15, 0.2) is 0 Å². The molecule has 0 amide bonds. The van der Waals surface area contributed by atoms with Crippen molar-refractivity contribution in [2.24, 2.45) is 17.8 Å². The molecule has 2 saturated heterocycles. The predicted octanol–water partition coefficient (Wildman–Crippen LogP) is 3.40. The van der Waals surface area contributed by atoms with Gasteiger partial charge in [0.25, 0.3) is 0 Å². The topological polar surface area (TPSA) is 21.7 Å². The van der Waals surface area contributed by atoms with Gasteiger partial charge >= 0.3 is 7.12 Å². The molecule has 3 unspecified atom stereocenters. The average molecular weight is 311 g/mol. The van der Waals surface area contributed by atoms with Crippen molar-refractivity contribution in [2.45, 2.75) is 64.5 Å². The molecule has 1 aliphatic carbocycles. The molecule has 5 heteroatoms. The number of alkyl halides is 1. The highest BCUT2D eigenvalue weighted by Gasteiger charge is 2.54. The highest BCUT2D eigenvalue weighted by Crippen LogP contribution is 2.54. The molecule has 0 N–H and O–H groups in total. The monoisotopic (exact) mass is 311 g/mol. The van der Waals surface area contributed by atoms with E-state index in [2.05, 4.69) is 32.6 Å². The van der Waals surface area contributed by atoms with E-state index >= 15 is 0 Å². The third kappa shape index (κ3) is 3.22. The van der Waals surface area contributed by atoms with E-state index < -0.39 is 0 Å². The van der Waals surface area contributed by atoms with Gasteiger partial charge in [0.2, 0.25) is 0 Å². The first kappa shape index (κ1) is 16.7. The molecule has 0 bridgehead atoms. The van der Waals surface area contributed by atoms with E-state index in [9.17, 15) is 4.39 Å². The Morgan fingerprint density at radius 2 is 1.82 bits per heavy atom. The van der Waals surface area contributed by atoms with Gasteiger partial charge in [-0.2, -0.15) is 0 Å². The van der Waals surface area contributed by atoms with Crippen molar-refractivity contribution in [1.29, 1.82) is 0 Å². The van der Waals surface area contributed by atoms with Crippen LogP contribution in [0, 0.1) is 17.8 Å². The maximum Gasteiger partial charge on any atom is 0.457 e. The molecule has 126 valence electrons. The van der Waals surface area contributed by atoms with E-state index in [0.29, 0.717) is 6.42 Å². The van der Waals surface area contributed by atoms with Crippen molar-refractivity contribution in [3.05, 3.63) is 0 Å². The molecule has 3 aliphatic rings. The van der Waals surface area contributed by atoms with Crippen LogP contribution >= 0.6 is 0 Å². The molecule has 2 heterocycles. The first-order chi connectivity index (χ1) is 10.3. The standard InChI is InChI=1S/C17H31BFNO2/c1-16(2)17(3,4)22-18(21-16)8-6-13-14-7-11-20(10-5-9-19)12-15(13)14/h13-15H,5-12H2,1-4H3. The van der Waals surface area contributed by atoms with Gasteiger partial charge in [0.1, 0.15) is 0 Å². The molecule has 3 rings (SSSR count). The minimum Gasteiger partial charge on any atom is -0.403 e. The van der Waals surface area contributed by atoms with Crippen LogP contribution in [-0.4, -0.2) is 49.5 Å². The van der Waals surface area contributed by atoms with Gasteiger partial charge < -0.3 is 14.2 Å². The van der Waals surface area contributed by atoms with Crippen molar-refractivity contribution in [1.82, 2.24) is 4.90 Å². The zero-order valence-electron chi connectivity index (χ0n) is 14.6. The lowest BCUT2D eigenvalue weighted by molar-refractivity contribution is 0.00578. The fourth-order valence-corrected chi connectivity index (χ4v) is 4.27. The van der Waals surface area contributed by atoms with E-state index in [-0.39, 0.29) is 25.0 Å². The Morgan fingerprint density at radius 1 is 1.14 bits per heavy atom. The summed E-state index contributed by atoms with van der Waals surface area (Å²) in [6.07, 6.45) is 4.21. The van der Waals surface area contributed by atoms with Crippen LogP contribution < -0.4 is 0 Å². The summed E-state index contributed by atoms with van der Waals surface area (Å²) in [6.45, 7) is 11.6. The van der Waals surface area contributed by atoms with Gasteiger partial charge in [0.05, 0.1) is 17.9 Å². The van der Waals surface area contributed by atoms with E-state index in [0.717, 1.165) is 37.2 Å². The van der Waals surface area contributed by atoms with Gasteiger partial charge in [0.15, 0.2) is 0 Å². The number of hydrogen-bond acceptors (Lipinski definition) is 3. The quantitative estimate of drug-likeness (QED) is 0.702. The molecular weight excluding hydrogens is 280 g/mol. The zero-order valence-corrected chi connectivity index (χ0v) is 14.6. The SMILES string of the molecule is CC1(C)OB(CCC2C3CCN(CCCF)CC23)OC1(C)C. The smallest absolute Gasteiger partial charge is 0.403 e. The van der Waals surface area contributed by atoms with Crippen LogP contribution in [-0.2, 0) is 9.31 Å². The summed E-state index contributed by atoms with van der Waals surface area (Å²) in [5, 5.41) is 0. The summed E-state index contributed by atoms with van der Waals surface area (Å²) in [4.78, 5) is 2.45. The molecule has 1 saturated carbocycles. The summed E-state index contributed by atoms with van der Waals surface area (Å²) in [5.74, 6) is 2.59. The molecule has 22 heavy (non-hydrogen) atoms. The Labute approximate surface area is 135 Å². The number of piperidine rings is 1. The molecule has 3 nitrogen and oxygen atoms in total. The van der Waals surface area contributed by atoms with Crippen molar-refractivity contribution in [2.75, 3.05) is 26.3 Å². The third-order valence-electron chi connectivity index (χ3n) is 6.40. The summed E-state index contributed by atoms with van der Waals surface area (Å²) in [5.41, 5.74) is -0.422. The lowest BCUT2D eigenvalue weighted by atomic mass is 9.81. The minimum atomic E-state index is -0.211. The molecule has 3 fully saturated rings. The molecule has 0 aromatic heterocycles. The maximum atomic E-state index is 12.3. The van der Waals surface area contributed by atoms with Crippen LogP contribution in [0.25, 0.3) is 0 Å². The van der Waals surface area contributed by atoms with Crippen molar-refractivity contribution >= 4 is 7.12 Å². The molecule has 0 radical (unpaired) electrons. The van der Waals surface area contributed by atoms with Gasteiger partial charge in [-0.3, -0.25) is 4.39 Å². The van der Waals surface area contributed by atoms with Gasteiger partial charge in [-0.1, -0.05) is 6.42 Å². The Hall–Kier alpha value is -0.125. The lowest BCUT2D eigenvalue weighted by Crippen LogP contribution is -2.41. The van der Waals surface area contributed by atoms with Crippen molar-refractivity contribution in [3.8, 4) is 0 Å². The van der Waals surface area contributed by atoms with Crippen LogP contribution in [0.4, 0.5) is 4.39 Å². The number of fused-ring (bicyclic) bond motifs is 1. The zero-order chi connectivity index (χ0) is 16.0. The van der Waals surface area contributed by atoms with E-state index in [1.807, 2.05) is 0 Å². The number of nitrogens with zero attached hydrogens (tertiary/aromatic N) is 1. The van der Waals surface area contributed by atoms with Crippen LogP contribution in [0.5, 0.6) is 0 Å². The fourth-order valence-electron chi connectivity index (χ4n) is 4.27. The number of halogens is 1. The van der Waals surface area contributed by atoms with E-state index in [4.69, 9.17) is 9.31 Å². The number of likely N-dealkylation sites (tertiary alicyclic amines) is 1. The molecule has 2 aliphatic heterocycles. The summed E-state index contributed by atoms with van der Waals surface area (Å²) >= 11 is 0. The molecule has 0 spiro atoms. The third-order valence-corrected chi connectivity index (χ3v) is 6.40. The second-order valence-electron chi connectivity index (χ2n) is 8.39. The maximum absolute atomic E-state index is 12.3. The predicted molar refractivity (Wildman–Crippen MR) is 87.6 cm³/mol. The summed E-state index contributed by atoms with van der Waals surface area (Å²) in [7, 11) is -0.0460. The van der Waals surface area contributed by atoms with Gasteiger partial charge in [-0.15, -0.1) is 0 Å². The highest BCUT2D eigenvalue weighted by molar-refractivity contribution is 6.45. The number of hydrogen-bond donors (Lipinski definition) is 0. The van der Waals surface area contributed by atoms with E-state index in [1.165, 1.54) is 19.4 Å². The second kappa shape index (κ2) is 6.06. The summed E-state index contributed by atoms with van der Waals surface area (Å²) in [6, 6.07) is 0. The Kier molecular flexibility index (Phi) is 4.61. The lowest BCUT2D eigenvalue weighted by Gasteiger charge is -2.32. The van der Waals surface area contributed by atoms with E-state index in [1.54, 1.807) is 0 Å². The van der Waals surface area contributed by atoms with Crippen LogP contribution in [0.1, 0.15) is 47.0 Å². The molecule has 0 aromatic rings. The summed E-state index contributed by atoms with van der Waals surface area (Å²) < 4.78 is 24.5. The number of rotatable bonds is 6. The molecule has 0 aromatic carbocycles. The first-order valence-corrected chi connectivity index (χ1v) is 8.98. The highest BCUT2D eigenvalue weighted by atomic mass is 19.1. The molecule has 3 atom stereocenters. The largest absolute Gasteiger partial charge is 0.457 e.